The molecule has 4 aromatic rings. The van der Waals surface area contributed by atoms with E-state index in [0.717, 1.165) is 29.1 Å². The lowest BCUT2D eigenvalue weighted by atomic mass is 10.2. The van der Waals surface area contributed by atoms with Crippen molar-refractivity contribution in [1.82, 2.24) is 20.0 Å². The molecule has 10 heteroatoms. The molecule has 0 radical (unpaired) electrons. The van der Waals surface area contributed by atoms with Crippen molar-refractivity contribution in [3.05, 3.63) is 77.2 Å². The number of nitrogens with one attached hydrogen (secondary N) is 3. The van der Waals surface area contributed by atoms with Gasteiger partial charge in [0.1, 0.15) is 5.82 Å². The fourth-order valence-corrected chi connectivity index (χ4v) is 4.59. The molecule has 1 aliphatic rings. The molecule has 0 atom stereocenters. The van der Waals surface area contributed by atoms with E-state index in [1.54, 1.807) is 36.4 Å². The Hall–Kier alpha value is -4.05. The van der Waals surface area contributed by atoms with E-state index in [1.807, 2.05) is 16.0 Å². The molecule has 3 N–H and O–H groups in total. The largest absolute Gasteiger partial charge is 0.354 e. The van der Waals surface area contributed by atoms with Gasteiger partial charge in [0.15, 0.2) is 4.96 Å². The molecule has 0 saturated heterocycles. The van der Waals surface area contributed by atoms with Gasteiger partial charge in [-0.15, -0.1) is 11.3 Å². The number of halogens is 1. The monoisotopic (exact) mass is 505 g/mol. The highest BCUT2D eigenvalue weighted by molar-refractivity contribution is 7.15. The lowest BCUT2D eigenvalue weighted by Gasteiger charge is -2.08. The zero-order chi connectivity index (χ0) is 25.1. The van der Waals surface area contributed by atoms with Gasteiger partial charge in [-0.25, -0.2) is 9.37 Å². The van der Waals surface area contributed by atoms with E-state index in [-0.39, 0.29) is 49.0 Å². The second-order valence-electron chi connectivity index (χ2n) is 8.64. The smallest absolute Gasteiger partial charge is 0.251 e. The molecule has 2 aromatic heterocycles. The third-order valence-electron chi connectivity index (χ3n) is 5.86. The molecule has 2 aromatic carbocycles. The number of benzene rings is 2. The predicted octanol–water partition coefficient (Wildman–Crippen LogP) is 3.64. The Kier molecular flexibility index (Phi) is 6.77. The molecule has 0 aliphatic heterocycles. The van der Waals surface area contributed by atoms with Crippen molar-refractivity contribution >= 4 is 39.7 Å². The van der Waals surface area contributed by atoms with Crippen LogP contribution in [0.5, 0.6) is 0 Å². The lowest BCUT2D eigenvalue weighted by Crippen LogP contribution is -2.35. The molecule has 3 amide bonds. The Bertz CT molecular complexity index is 1410. The number of hydrogen-bond donors (Lipinski definition) is 3. The highest BCUT2D eigenvalue weighted by Gasteiger charge is 2.29. The van der Waals surface area contributed by atoms with Crippen molar-refractivity contribution < 1.29 is 18.8 Å². The third kappa shape index (κ3) is 5.60. The molecule has 5 rings (SSSR count). The molecule has 0 spiro atoms. The summed E-state index contributed by atoms with van der Waals surface area (Å²) in [6, 6.07) is 12.8. The Morgan fingerprint density at radius 3 is 2.44 bits per heavy atom. The molecule has 1 fully saturated rings. The van der Waals surface area contributed by atoms with Crippen LogP contribution in [0.15, 0.2) is 60.1 Å². The number of amides is 3. The second kappa shape index (κ2) is 10.3. The Labute approximate surface area is 210 Å². The van der Waals surface area contributed by atoms with Gasteiger partial charge in [0.25, 0.3) is 5.91 Å². The number of carbonyl (C=O) groups excluding carboxylic acids is 3. The highest BCUT2D eigenvalue weighted by Crippen LogP contribution is 2.30. The van der Waals surface area contributed by atoms with Gasteiger partial charge in [-0.1, -0.05) is 0 Å². The Morgan fingerprint density at radius 1 is 1.00 bits per heavy atom. The van der Waals surface area contributed by atoms with Crippen molar-refractivity contribution in [2.75, 3.05) is 18.4 Å². The average Bonchev–Trinajstić information content (AvgIpc) is 3.55. The van der Waals surface area contributed by atoms with Crippen LogP contribution in [0, 0.1) is 11.7 Å². The number of hydrogen-bond acceptors (Lipinski definition) is 5. The average molecular weight is 506 g/mol. The summed E-state index contributed by atoms with van der Waals surface area (Å²) in [5.41, 5.74) is 3.45. The topological polar surface area (TPSA) is 105 Å². The minimum absolute atomic E-state index is 0.0208. The van der Waals surface area contributed by atoms with E-state index in [0.29, 0.717) is 16.9 Å². The van der Waals surface area contributed by atoms with Gasteiger partial charge in [0.05, 0.1) is 12.1 Å². The lowest BCUT2D eigenvalue weighted by molar-refractivity contribution is -0.120. The molecule has 0 bridgehead atoms. The number of fused-ring (bicyclic) bond motifs is 1. The van der Waals surface area contributed by atoms with Crippen LogP contribution in [-0.2, 0) is 16.0 Å². The number of carbonyl (C=O) groups is 3. The van der Waals surface area contributed by atoms with Crippen molar-refractivity contribution in [1.29, 1.82) is 0 Å². The summed E-state index contributed by atoms with van der Waals surface area (Å²) in [6.07, 6.45) is 3.87. The summed E-state index contributed by atoms with van der Waals surface area (Å²) in [7, 11) is 0. The number of imidazole rings is 1. The van der Waals surface area contributed by atoms with Crippen LogP contribution in [0.2, 0.25) is 0 Å². The molecular formula is C26H24FN5O3S. The second-order valence-corrected chi connectivity index (χ2v) is 9.47. The maximum atomic E-state index is 13.2. The van der Waals surface area contributed by atoms with E-state index < -0.39 is 0 Å². The van der Waals surface area contributed by atoms with E-state index in [4.69, 9.17) is 0 Å². The minimum atomic E-state index is -0.305. The molecule has 1 saturated carbocycles. The van der Waals surface area contributed by atoms with E-state index in [1.165, 1.54) is 23.5 Å². The van der Waals surface area contributed by atoms with E-state index in [2.05, 4.69) is 20.9 Å². The van der Waals surface area contributed by atoms with Crippen LogP contribution >= 0.6 is 11.3 Å². The molecule has 1 aliphatic carbocycles. The fraction of sp³-hybridized carbons (Fsp3) is 0.231. The summed E-state index contributed by atoms with van der Waals surface area (Å²) in [6.45, 7) is 0.571. The molecule has 0 unspecified atom stereocenters. The quantitative estimate of drug-likeness (QED) is 0.302. The van der Waals surface area contributed by atoms with Crippen LogP contribution in [0.1, 0.15) is 28.9 Å². The summed E-state index contributed by atoms with van der Waals surface area (Å²) >= 11 is 1.43. The zero-order valence-corrected chi connectivity index (χ0v) is 20.1. The first-order chi connectivity index (χ1) is 17.5. The number of anilines is 1. The molecular weight excluding hydrogens is 481 g/mol. The first-order valence-corrected chi connectivity index (χ1v) is 12.5. The van der Waals surface area contributed by atoms with E-state index in [9.17, 15) is 18.8 Å². The van der Waals surface area contributed by atoms with Gasteiger partial charge >= 0.3 is 0 Å². The zero-order valence-electron chi connectivity index (χ0n) is 19.3. The summed E-state index contributed by atoms with van der Waals surface area (Å²) < 4.78 is 15.0. The normalized spacial score (nSPS) is 12.9. The number of thiazole rings is 1. The minimum Gasteiger partial charge on any atom is -0.354 e. The Morgan fingerprint density at radius 2 is 1.72 bits per heavy atom. The number of rotatable bonds is 9. The predicted molar refractivity (Wildman–Crippen MR) is 135 cm³/mol. The highest BCUT2D eigenvalue weighted by atomic mass is 32.1. The van der Waals surface area contributed by atoms with Crippen LogP contribution in [0.3, 0.4) is 0 Å². The van der Waals surface area contributed by atoms with Crippen LogP contribution in [0.25, 0.3) is 16.2 Å². The van der Waals surface area contributed by atoms with Gasteiger partial charge in [0.2, 0.25) is 11.8 Å². The summed E-state index contributed by atoms with van der Waals surface area (Å²) in [5.74, 6) is -0.590. The van der Waals surface area contributed by atoms with Crippen LogP contribution < -0.4 is 16.0 Å². The summed E-state index contributed by atoms with van der Waals surface area (Å²) in [4.78, 5) is 41.9. The molecule has 184 valence electrons. The van der Waals surface area contributed by atoms with Crippen molar-refractivity contribution in [3.8, 4) is 11.3 Å². The van der Waals surface area contributed by atoms with Crippen molar-refractivity contribution in [3.63, 3.8) is 0 Å². The van der Waals surface area contributed by atoms with Crippen LogP contribution in [0.4, 0.5) is 10.1 Å². The van der Waals surface area contributed by atoms with Crippen LogP contribution in [-0.4, -0.2) is 40.2 Å². The fourth-order valence-electron chi connectivity index (χ4n) is 3.72. The molecule has 8 nitrogen and oxygen atoms in total. The first kappa shape index (κ1) is 23.7. The van der Waals surface area contributed by atoms with Crippen molar-refractivity contribution in [2.24, 2.45) is 5.92 Å². The third-order valence-corrected chi connectivity index (χ3v) is 6.75. The number of nitrogens with zero attached hydrogens (tertiary/aromatic N) is 2. The van der Waals surface area contributed by atoms with Gasteiger partial charge < -0.3 is 16.0 Å². The molecule has 2 heterocycles. The Balaban J connectivity index is 1.08. The van der Waals surface area contributed by atoms with Gasteiger partial charge in [-0.3, -0.25) is 18.8 Å². The van der Waals surface area contributed by atoms with Gasteiger partial charge in [-0.05, 0) is 61.4 Å². The first-order valence-electron chi connectivity index (χ1n) is 11.6. The van der Waals surface area contributed by atoms with Gasteiger partial charge in [0, 0.05) is 53.1 Å². The maximum Gasteiger partial charge on any atom is 0.251 e. The summed E-state index contributed by atoms with van der Waals surface area (Å²) in [5, 5.41) is 10.3. The van der Waals surface area contributed by atoms with Crippen molar-refractivity contribution in [2.45, 2.75) is 19.3 Å². The molecule has 36 heavy (non-hydrogen) atoms. The number of aromatic nitrogens is 2. The van der Waals surface area contributed by atoms with E-state index >= 15 is 0 Å². The SMILES string of the molecule is O=C(Cc1csc2nc(-c3ccc(F)cc3)cn12)NCCNC(=O)c1ccc(NC(=O)C2CC2)cc1. The van der Waals surface area contributed by atoms with Gasteiger partial charge in [-0.2, -0.15) is 0 Å². The maximum absolute atomic E-state index is 13.2. The standard InChI is InChI=1S/C26H24FN5O3S/c27-19-7-3-16(4-8-19)22-14-32-21(15-36-26(32)31-22)13-23(33)28-11-12-29-24(34)17-5-9-20(10-6-17)30-25(35)18-1-2-18/h3-10,14-15,18H,1-2,11-13H2,(H,28,33)(H,29,34)(H,30,35).